The summed E-state index contributed by atoms with van der Waals surface area (Å²) in [6.07, 6.45) is -3.58. The van der Waals surface area contributed by atoms with E-state index in [0.29, 0.717) is 28.5 Å². The molecule has 0 fully saturated rings. The number of thiazole rings is 1. The van der Waals surface area contributed by atoms with E-state index in [9.17, 15) is 18.0 Å². The van der Waals surface area contributed by atoms with Gasteiger partial charge >= 0.3 is 12.1 Å². The minimum atomic E-state index is -4.37. The van der Waals surface area contributed by atoms with Gasteiger partial charge in [0.2, 0.25) is 0 Å². The third kappa shape index (κ3) is 5.79. The van der Waals surface area contributed by atoms with Crippen LogP contribution in [0.15, 0.2) is 42.5 Å². The third-order valence-corrected chi connectivity index (χ3v) is 5.96. The number of nitrogens with zero attached hydrogens (tertiary/aromatic N) is 1. The van der Waals surface area contributed by atoms with Crippen molar-refractivity contribution in [3.63, 3.8) is 0 Å². The van der Waals surface area contributed by atoms with Crippen LogP contribution in [0.25, 0.3) is 10.6 Å². The summed E-state index contributed by atoms with van der Waals surface area (Å²) >= 11 is 1.37. The molecular formula is C23H22F3NO4S. The van der Waals surface area contributed by atoms with Gasteiger partial charge < -0.3 is 14.2 Å². The number of ether oxygens (including phenoxy) is 3. The predicted octanol–water partition coefficient (Wildman–Crippen LogP) is 5.83. The summed E-state index contributed by atoms with van der Waals surface area (Å²) in [6.45, 7) is 2.07. The van der Waals surface area contributed by atoms with Crippen LogP contribution in [0.1, 0.15) is 28.1 Å². The van der Waals surface area contributed by atoms with E-state index >= 15 is 0 Å². The highest BCUT2D eigenvalue weighted by molar-refractivity contribution is 7.15. The minimum absolute atomic E-state index is 0.238. The van der Waals surface area contributed by atoms with Gasteiger partial charge in [0.15, 0.2) is 11.5 Å². The maximum absolute atomic E-state index is 12.8. The first-order valence-corrected chi connectivity index (χ1v) is 10.5. The summed E-state index contributed by atoms with van der Waals surface area (Å²) in [5.74, 6) is 0.796. The number of carbonyl (C=O) groups excluding carboxylic acids is 1. The van der Waals surface area contributed by atoms with Crippen LogP contribution in [0.4, 0.5) is 13.2 Å². The van der Waals surface area contributed by atoms with Crippen molar-refractivity contribution in [3.8, 4) is 22.1 Å². The molecule has 0 aliphatic carbocycles. The maximum Gasteiger partial charge on any atom is 0.416 e. The first kappa shape index (κ1) is 23.6. The molecule has 3 aromatic rings. The highest BCUT2D eigenvalue weighted by Crippen LogP contribution is 2.34. The lowest BCUT2D eigenvalue weighted by Crippen LogP contribution is -2.03. The molecule has 0 bridgehead atoms. The molecule has 5 nitrogen and oxygen atoms in total. The van der Waals surface area contributed by atoms with Crippen molar-refractivity contribution in [2.75, 3.05) is 14.2 Å². The molecule has 0 unspecified atom stereocenters. The zero-order chi connectivity index (χ0) is 23.3. The number of hydrogen-bond donors (Lipinski definition) is 0. The molecule has 32 heavy (non-hydrogen) atoms. The molecule has 0 amide bonds. The largest absolute Gasteiger partial charge is 0.493 e. The van der Waals surface area contributed by atoms with Gasteiger partial charge in [-0.15, -0.1) is 11.3 Å². The lowest BCUT2D eigenvalue weighted by Gasteiger charge is -2.12. The second-order valence-corrected chi connectivity index (χ2v) is 8.04. The van der Waals surface area contributed by atoms with E-state index in [1.807, 2.05) is 19.1 Å². The topological polar surface area (TPSA) is 57.7 Å². The van der Waals surface area contributed by atoms with Gasteiger partial charge in [0.1, 0.15) is 11.6 Å². The monoisotopic (exact) mass is 465 g/mol. The zero-order valence-corrected chi connectivity index (χ0v) is 18.6. The minimum Gasteiger partial charge on any atom is -0.493 e. The Morgan fingerprint density at radius 2 is 1.78 bits per heavy atom. The average Bonchev–Trinajstić information content (AvgIpc) is 3.16. The molecule has 0 aliphatic rings. The fourth-order valence-electron chi connectivity index (χ4n) is 2.97. The molecule has 170 valence electrons. The summed E-state index contributed by atoms with van der Waals surface area (Å²) in [5, 5.41) is 0.625. The standard InChI is InChI=1S/C23H22F3NO4S/c1-14-20(32-22(27-14)16-6-8-17(9-7-16)23(24,25)26)13-31-18-10-4-15(12-19(18)29-2)5-11-21(28)30-3/h4,6-10,12H,5,11,13H2,1-3H3. The lowest BCUT2D eigenvalue weighted by molar-refractivity contribution is -0.140. The molecule has 2 aromatic carbocycles. The van der Waals surface area contributed by atoms with Gasteiger partial charge in [0.05, 0.1) is 30.4 Å². The van der Waals surface area contributed by atoms with Crippen LogP contribution < -0.4 is 9.47 Å². The molecule has 1 aromatic heterocycles. The van der Waals surface area contributed by atoms with Crippen LogP contribution in [-0.4, -0.2) is 25.2 Å². The van der Waals surface area contributed by atoms with E-state index in [2.05, 4.69) is 9.72 Å². The number of alkyl halides is 3. The molecule has 1 heterocycles. The van der Waals surface area contributed by atoms with Gasteiger partial charge in [-0.1, -0.05) is 18.2 Å². The van der Waals surface area contributed by atoms with Gasteiger partial charge in [-0.25, -0.2) is 4.98 Å². The average molecular weight is 465 g/mol. The highest BCUT2D eigenvalue weighted by Gasteiger charge is 2.30. The van der Waals surface area contributed by atoms with E-state index in [1.165, 1.54) is 37.7 Å². The van der Waals surface area contributed by atoms with E-state index < -0.39 is 11.7 Å². The Bertz CT molecular complexity index is 1080. The number of aromatic nitrogens is 1. The third-order valence-electron chi connectivity index (χ3n) is 4.78. The van der Waals surface area contributed by atoms with Crippen LogP contribution in [-0.2, 0) is 28.7 Å². The van der Waals surface area contributed by atoms with Crippen molar-refractivity contribution in [2.45, 2.75) is 32.5 Å². The summed E-state index contributed by atoms with van der Waals surface area (Å²) in [5.41, 5.74) is 1.59. The van der Waals surface area contributed by atoms with E-state index in [4.69, 9.17) is 9.47 Å². The zero-order valence-electron chi connectivity index (χ0n) is 17.8. The molecule has 0 saturated heterocycles. The van der Waals surface area contributed by atoms with Gasteiger partial charge in [-0.2, -0.15) is 13.2 Å². The predicted molar refractivity (Wildman–Crippen MR) is 115 cm³/mol. The number of carbonyl (C=O) groups is 1. The SMILES string of the molecule is COC(=O)CCc1ccc(OCc2sc(-c3ccc(C(F)(F)F)cc3)nc2C)c(OC)c1. The summed E-state index contributed by atoms with van der Waals surface area (Å²) < 4.78 is 54.3. The smallest absolute Gasteiger partial charge is 0.416 e. The number of esters is 1. The quantitative estimate of drug-likeness (QED) is 0.392. The van der Waals surface area contributed by atoms with Crippen molar-refractivity contribution in [3.05, 3.63) is 64.2 Å². The Kier molecular flexibility index (Phi) is 7.40. The fourth-order valence-corrected chi connectivity index (χ4v) is 3.95. The fraction of sp³-hybridized carbons (Fsp3) is 0.304. The normalized spacial score (nSPS) is 11.3. The Labute approximate surface area is 187 Å². The van der Waals surface area contributed by atoms with Gasteiger partial charge in [0.25, 0.3) is 0 Å². The van der Waals surface area contributed by atoms with E-state index in [1.54, 1.807) is 6.07 Å². The van der Waals surface area contributed by atoms with Crippen LogP contribution in [0.5, 0.6) is 11.5 Å². The second kappa shape index (κ2) is 10.0. The molecule has 0 saturated carbocycles. The molecule has 9 heteroatoms. The Hall–Kier alpha value is -3.07. The number of rotatable bonds is 8. The molecule has 0 aliphatic heterocycles. The number of aryl methyl sites for hydroxylation is 2. The lowest BCUT2D eigenvalue weighted by atomic mass is 10.1. The van der Waals surface area contributed by atoms with E-state index in [-0.39, 0.29) is 19.0 Å². The summed E-state index contributed by atoms with van der Waals surface area (Å²) in [7, 11) is 2.89. The first-order valence-electron chi connectivity index (χ1n) is 9.71. The molecule has 0 N–H and O–H groups in total. The summed E-state index contributed by atoms with van der Waals surface area (Å²) in [6, 6.07) is 10.4. The van der Waals surface area contributed by atoms with Crippen LogP contribution in [0, 0.1) is 6.92 Å². The summed E-state index contributed by atoms with van der Waals surface area (Å²) in [4.78, 5) is 16.7. The maximum atomic E-state index is 12.8. The van der Waals surface area contributed by atoms with Crippen molar-refractivity contribution < 1.29 is 32.2 Å². The number of halogens is 3. The van der Waals surface area contributed by atoms with E-state index in [0.717, 1.165) is 28.3 Å². The van der Waals surface area contributed by atoms with Gasteiger partial charge in [0, 0.05) is 12.0 Å². The van der Waals surface area contributed by atoms with Crippen molar-refractivity contribution >= 4 is 17.3 Å². The second-order valence-electron chi connectivity index (χ2n) is 6.95. The van der Waals surface area contributed by atoms with Gasteiger partial charge in [-0.3, -0.25) is 4.79 Å². The first-order chi connectivity index (χ1) is 15.2. The molecule has 0 spiro atoms. The molecule has 0 atom stereocenters. The van der Waals surface area contributed by atoms with Crippen LogP contribution in [0.2, 0.25) is 0 Å². The van der Waals surface area contributed by atoms with Crippen LogP contribution >= 0.6 is 11.3 Å². The number of hydrogen-bond acceptors (Lipinski definition) is 6. The Morgan fingerprint density at radius 3 is 2.41 bits per heavy atom. The van der Waals surface area contributed by atoms with Crippen molar-refractivity contribution in [2.24, 2.45) is 0 Å². The number of benzene rings is 2. The van der Waals surface area contributed by atoms with Crippen LogP contribution in [0.3, 0.4) is 0 Å². The molecule has 0 radical (unpaired) electrons. The molecular weight excluding hydrogens is 443 g/mol. The Balaban J connectivity index is 1.70. The molecule has 3 rings (SSSR count). The van der Waals surface area contributed by atoms with Gasteiger partial charge in [-0.05, 0) is 43.2 Å². The highest BCUT2D eigenvalue weighted by atomic mass is 32.1. The van der Waals surface area contributed by atoms with Crippen molar-refractivity contribution in [1.82, 2.24) is 4.98 Å². The number of methoxy groups -OCH3 is 2. The van der Waals surface area contributed by atoms with Crippen molar-refractivity contribution in [1.29, 1.82) is 0 Å². The Morgan fingerprint density at radius 1 is 1.06 bits per heavy atom.